The van der Waals surface area contributed by atoms with Crippen molar-refractivity contribution in [1.82, 2.24) is 0 Å². The molecule has 162 valence electrons. The van der Waals surface area contributed by atoms with Crippen LogP contribution in [0.15, 0.2) is 88.3 Å². The molecule has 0 spiro atoms. The molecule has 0 unspecified atom stereocenters. The highest BCUT2D eigenvalue weighted by Gasteiger charge is 2.13. The Morgan fingerprint density at radius 1 is 0.906 bits per heavy atom. The molecule has 4 rings (SSSR count). The molecule has 1 aromatic heterocycles. The molecular weight excluding hydrogens is 412 g/mol. The van der Waals surface area contributed by atoms with Crippen LogP contribution in [0.3, 0.4) is 0 Å². The summed E-state index contributed by atoms with van der Waals surface area (Å²) in [6.45, 7) is -0.0951. The molecular formula is C25H20O7. The zero-order valence-corrected chi connectivity index (χ0v) is 17.3. The van der Waals surface area contributed by atoms with Gasteiger partial charge in [-0.25, -0.2) is 4.79 Å². The van der Waals surface area contributed by atoms with Gasteiger partial charge in [0.25, 0.3) is 0 Å². The second-order valence-corrected chi connectivity index (χ2v) is 6.77. The average molecular weight is 432 g/mol. The fraction of sp³-hybridized carbons (Fsp3) is 0.120. The number of rotatable bonds is 8. The van der Waals surface area contributed by atoms with Crippen molar-refractivity contribution < 1.29 is 28.2 Å². The summed E-state index contributed by atoms with van der Waals surface area (Å²) in [6.07, 6.45) is 1.23. The van der Waals surface area contributed by atoms with Crippen molar-refractivity contribution in [3.63, 3.8) is 0 Å². The number of para-hydroxylation sites is 2. The number of carbonyl (C=O) groups is 1. The van der Waals surface area contributed by atoms with E-state index in [4.69, 9.17) is 23.4 Å². The molecule has 7 nitrogen and oxygen atoms in total. The number of carbonyl (C=O) groups excluding carboxylic acids is 1. The van der Waals surface area contributed by atoms with Crippen LogP contribution in [0.2, 0.25) is 0 Å². The van der Waals surface area contributed by atoms with Crippen molar-refractivity contribution in [2.45, 2.75) is 6.61 Å². The smallest absolute Gasteiger partial charge is 0.344 e. The lowest BCUT2D eigenvalue weighted by Crippen LogP contribution is -2.14. The van der Waals surface area contributed by atoms with E-state index in [-0.39, 0.29) is 24.4 Å². The summed E-state index contributed by atoms with van der Waals surface area (Å²) in [7, 11) is 1.52. The zero-order valence-electron chi connectivity index (χ0n) is 17.3. The first-order valence-corrected chi connectivity index (χ1v) is 9.83. The van der Waals surface area contributed by atoms with Gasteiger partial charge in [0.05, 0.1) is 12.5 Å². The Labute approximate surface area is 183 Å². The van der Waals surface area contributed by atoms with Crippen molar-refractivity contribution in [2.75, 3.05) is 13.7 Å². The average Bonchev–Trinajstić information content (AvgIpc) is 2.84. The Bertz CT molecular complexity index is 1280. The van der Waals surface area contributed by atoms with Gasteiger partial charge in [0.15, 0.2) is 18.1 Å². The minimum atomic E-state index is -0.504. The van der Waals surface area contributed by atoms with Gasteiger partial charge in [-0.3, -0.25) is 4.79 Å². The summed E-state index contributed by atoms with van der Waals surface area (Å²) in [4.78, 5) is 24.7. The lowest BCUT2D eigenvalue weighted by atomic mass is 10.2. The van der Waals surface area contributed by atoms with Crippen molar-refractivity contribution in [3.8, 4) is 23.0 Å². The van der Waals surface area contributed by atoms with Crippen molar-refractivity contribution in [2.24, 2.45) is 0 Å². The highest BCUT2D eigenvalue weighted by Crippen LogP contribution is 2.30. The van der Waals surface area contributed by atoms with Crippen LogP contribution < -0.4 is 19.6 Å². The summed E-state index contributed by atoms with van der Waals surface area (Å²) >= 11 is 0. The monoisotopic (exact) mass is 432 g/mol. The van der Waals surface area contributed by atoms with Crippen LogP contribution in [0.25, 0.3) is 11.0 Å². The molecule has 0 fully saturated rings. The molecule has 0 bridgehead atoms. The van der Waals surface area contributed by atoms with Gasteiger partial charge in [-0.1, -0.05) is 42.5 Å². The summed E-state index contributed by atoms with van der Waals surface area (Å²) in [5, 5.41) is 0.316. The maximum Gasteiger partial charge on any atom is 0.344 e. The molecule has 1 heterocycles. The SMILES string of the molecule is COc1ccccc1Oc1coc2cc(OCC(=O)OCc3ccccc3)ccc2c1=O. The van der Waals surface area contributed by atoms with Gasteiger partial charge in [0.1, 0.15) is 24.2 Å². The third-order valence-electron chi connectivity index (χ3n) is 4.60. The third kappa shape index (κ3) is 4.89. The van der Waals surface area contributed by atoms with Gasteiger partial charge in [-0.05, 0) is 29.8 Å². The molecule has 0 saturated carbocycles. The number of ether oxygens (including phenoxy) is 4. The normalized spacial score (nSPS) is 10.5. The topological polar surface area (TPSA) is 84.2 Å². The van der Waals surface area contributed by atoms with E-state index in [0.717, 1.165) is 5.56 Å². The minimum Gasteiger partial charge on any atom is -0.493 e. The molecule has 0 amide bonds. The predicted molar refractivity (Wildman–Crippen MR) is 117 cm³/mol. The van der Waals surface area contributed by atoms with Gasteiger partial charge in [-0.2, -0.15) is 0 Å². The molecule has 0 atom stereocenters. The number of hydrogen-bond acceptors (Lipinski definition) is 7. The van der Waals surface area contributed by atoms with E-state index in [2.05, 4.69) is 0 Å². The third-order valence-corrected chi connectivity index (χ3v) is 4.60. The number of esters is 1. The van der Waals surface area contributed by atoms with Gasteiger partial charge in [0, 0.05) is 6.07 Å². The van der Waals surface area contributed by atoms with E-state index in [1.807, 2.05) is 30.3 Å². The minimum absolute atomic E-state index is 0.0279. The van der Waals surface area contributed by atoms with Crippen LogP contribution in [0, 0.1) is 0 Å². The van der Waals surface area contributed by atoms with Crippen LogP contribution in [-0.2, 0) is 16.1 Å². The molecule has 3 aromatic carbocycles. The number of benzene rings is 3. The van der Waals surface area contributed by atoms with Crippen LogP contribution in [0.4, 0.5) is 0 Å². The van der Waals surface area contributed by atoms with Crippen LogP contribution in [0.5, 0.6) is 23.0 Å². The maximum absolute atomic E-state index is 12.8. The first kappa shape index (κ1) is 21.0. The molecule has 4 aromatic rings. The summed E-state index contributed by atoms with van der Waals surface area (Å²) in [6, 6.07) is 21.0. The fourth-order valence-corrected chi connectivity index (χ4v) is 2.99. The Hall–Kier alpha value is -4.26. The molecule has 0 radical (unpaired) electrons. The molecule has 0 N–H and O–H groups in total. The largest absolute Gasteiger partial charge is 0.493 e. The lowest BCUT2D eigenvalue weighted by molar-refractivity contribution is -0.147. The van der Waals surface area contributed by atoms with Crippen LogP contribution in [-0.4, -0.2) is 19.7 Å². The van der Waals surface area contributed by atoms with Crippen molar-refractivity contribution in [3.05, 3.63) is 94.8 Å². The quantitative estimate of drug-likeness (QED) is 0.373. The van der Waals surface area contributed by atoms with Crippen LogP contribution in [0.1, 0.15) is 5.56 Å². The standard InChI is InChI=1S/C25H20O7/c1-28-20-9-5-6-10-21(20)32-23-15-30-22-13-18(11-12-19(22)25(23)27)29-16-24(26)31-14-17-7-3-2-4-8-17/h2-13,15H,14,16H2,1H3. The van der Waals surface area contributed by atoms with Crippen molar-refractivity contribution >= 4 is 16.9 Å². The number of methoxy groups -OCH3 is 1. The first-order chi connectivity index (χ1) is 15.6. The van der Waals surface area contributed by atoms with E-state index in [1.54, 1.807) is 36.4 Å². The predicted octanol–water partition coefficient (Wildman–Crippen LogP) is 4.72. The van der Waals surface area contributed by atoms with Crippen molar-refractivity contribution in [1.29, 1.82) is 0 Å². The maximum atomic E-state index is 12.8. The highest BCUT2D eigenvalue weighted by molar-refractivity contribution is 5.79. The Morgan fingerprint density at radius 2 is 1.66 bits per heavy atom. The molecule has 0 aliphatic carbocycles. The summed E-state index contributed by atoms with van der Waals surface area (Å²) in [5.74, 6) is 0.789. The van der Waals surface area contributed by atoms with E-state index in [0.29, 0.717) is 28.2 Å². The van der Waals surface area contributed by atoms with Crippen LogP contribution >= 0.6 is 0 Å². The molecule has 32 heavy (non-hydrogen) atoms. The zero-order chi connectivity index (χ0) is 22.3. The van der Waals surface area contributed by atoms with E-state index in [1.165, 1.54) is 19.4 Å². The summed E-state index contributed by atoms with van der Waals surface area (Å²) in [5.41, 5.74) is 0.850. The molecule has 0 aliphatic heterocycles. The van der Waals surface area contributed by atoms with Gasteiger partial charge in [0.2, 0.25) is 11.2 Å². The van der Waals surface area contributed by atoms with E-state index >= 15 is 0 Å². The second-order valence-electron chi connectivity index (χ2n) is 6.77. The van der Waals surface area contributed by atoms with Gasteiger partial charge < -0.3 is 23.4 Å². The fourth-order valence-electron chi connectivity index (χ4n) is 2.99. The first-order valence-electron chi connectivity index (χ1n) is 9.83. The Balaban J connectivity index is 1.42. The Kier molecular flexibility index (Phi) is 6.36. The molecule has 0 aliphatic rings. The highest BCUT2D eigenvalue weighted by atomic mass is 16.6. The van der Waals surface area contributed by atoms with E-state index < -0.39 is 5.97 Å². The van der Waals surface area contributed by atoms with Gasteiger partial charge >= 0.3 is 5.97 Å². The Morgan fingerprint density at radius 3 is 2.44 bits per heavy atom. The number of fused-ring (bicyclic) bond motifs is 1. The molecule has 0 saturated heterocycles. The summed E-state index contributed by atoms with van der Waals surface area (Å²) < 4.78 is 27.1. The van der Waals surface area contributed by atoms with Gasteiger partial charge in [-0.15, -0.1) is 0 Å². The van der Waals surface area contributed by atoms with E-state index in [9.17, 15) is 9.59 Å². The number of hydrogen-bond donors (Lipinski definition) is 0. The molecule has 7 heteroatoms. The second kappa shape index (κ2) is 9.70. The lowest BCUT2D eigenvalue weighted by Gasteiger charge is -2.10.